The summed E-state index contributed by atoms with van der Waals surface area (Å²) < 4.78 is 33.4. The van der Waals surface area contributed by atoms with Crippen LogP contribution in [0.25, 0.3) is 0 Å². The molecule has 2 aromatic carbocycles. The Labute approximate surface area is 241 Å². The molecule has 0 spiro atoms. The van der Waals surface area contributed by atoms with Gasteiger partial charge in [0.25, 0.3) is 0 Å². The minimum Gasteiger partial charge on any atom is -0.382 e. The van der Waals surface area contributed by atoms with Gasteiger partial charge < -0.3 is 48.9 Å². The van der Waals surface area contributed by atoms with Crippen LogP contribution in [0.1, 0.15) is 11.1 Å². The molecule has 6 atom stereocenters. The Morgan fingerprint density at radius 3 is 1.15 bits per heavy atom. The van der Waals surface area contributed by atoms with Gasteiger partial charge in [0.2, 0.25) is 0 Å². The van der Waals surface area contributed by atoms with Crippen LogP contribution in [0.5, 0.6) is 0 Å². The number of hydrogen-bond donors (Lipinski definition) is 2. The first-order chi connectivity index (χ1) is 20.2. The molecular weight excluding hydrogens is 524 g/mol. The number of nitrogens with zero attached hydrogens (tertiary/aromatic N) is 2. The molecule has 0 bridgehead atoms. The summed E-state index contributed by atoms with van der Waals surface area (Å²) in [6.45, 7) is 10.3. The van der Waals surface area contributed by atoms with Crippen molar-refractivity contribution in [2.45, 2.75) is 43.0 Å². The highest BCUT2D eigenvalue weighted by Crippen LogP contribution is 2.32. The Bertz CT molecular complexity index is 1100. The normalized spacial score (nSPS) is 30.0. The topological polar surface area (TPSA) is 106 Å². The van der Waals surface area contributed by atoms with E-state index in [2.05, 4.69) is 56.8 Å². The molecule has 6 fully saturated rings. The summed E-state index contributed by atoms with van der Waals surface area (Å²) in [6, 6.07) is 13.8. The summed E-state index contributed by atoms with van der Waals surface area (Å²) in [5, 5.41) is 7.25. The van der Waals surface area contributed by atoms with Gasteiger partial charge in [0, 0.05) is 62.0 Å². The molecule has 6 aliphatic rings. The number of anilines is 4. The van der Waals surface area contributed by atoms with Crippen molar-refractivity contribution in [3.63, 3.8) is 0 Å². The molecule has 220 valence electrons. The molecule has 8 rings (SSSR count). The van der Waals surface area contributed by atoms with E-state index in [1.807, 2.05) is 0 Å². The Kier molecular flexibility index (Phi) is 7.14. The van der Waals surface area contributed by atoms with Crippen LogP contribution in [0.3, 0.4) is 0 Å². The maximum absolute atomic E-state index is 5.61. The summed E-state index contributed by atoms with van der Waals surface area (Å²) in [4.78, 5) is 4.87. The smallest absolute Gasteiger partial charge is 0.0984 e. The van der Waals surface area contributed by atoms with Crippen molar-refractivity contribution >= 4 is 22.7 Å². The highest BCUT2D eigenvalue weighted by molar-refractivity contribution is 5.64. The second kappa shape index (κ2) is 11.2. The predicted octanol–water partition coefficient (Wildman–Crippen LogP) is 2.11. The second-order valence-corrected chi connectivity index (χ2v) is 12.3. The van der Waals surface area contributed by atoms with Crippen LogP contribution < -0.4 is 20.4 Å². The first kappa shape index (κ1) is 26.1. The lowest BCUT2D eigenvalue weighted by atomic mass is 10.0. The minimum atomic E-state index is 0.311. The lowest BCUT2D eigenvalue weighted by Gasteiger charge is -2.26. The first-order valence-electron chi connectivity index (χ1n) is 15.1. The molecule has 6 unspecified atom stereocenters. The highest BCUT2D eigenvalue weighted by Gasteiger charge is 2.33. The monoisotopic (exact) mass is 564 g/mol. The number of benzene rings is 2. The zero-order valence-corrected chi connectivity index (χ0v) is 23.5. The second-order valence-electron chi connectivity index (χ2n) is 12.3. The number of nitrogens with one attached hydrogen (secondary N) is 2. The van der Waals surface area contributed by atoms with Crippen LogP contribution in [-0.4, -0.2) is 116 Å². The largest absolute Gasteiger partial charge is 0.382 e. The van der Waals surface area contributed by atoms with Crippen molar-refractivity contribution in [3.05, 3.63) is 47.5 Å². The maximum Gasteiger partial charge on any atom is 0.0984 e. The molecule has 0 amide bonds. The molecule has 0 saturated carbocycles. The van der Waals surface area contributed by atoms with Crippen LogP contribution in [0.15, 0.2) is 36.4 Å². The molecule has 10 nitrogen and oxygen atoms in total. The van der Waals surface area contributed by atoms with Gasteiger partial charge in [-0.25, -0.2) is 0 Å². The van der Waals surface area contributed by atoms with E-state index in [1.165, 1.54) is 22.5 Å². The van der Waals surface area contributed by atoms with Crippen LogP contribution in [-0.2, 0) is 34.8 Å². The standard InChI is InChI=1S/C31H40N4O6/c1(20-2-22(32-8-26-14-36-26)6-24(4-20)34(10-28-16-38-28)11-29-17-39-29)21-3-23(33-9-27-15-37-27)7-25(5-21)35(12-30-18-40-30)13-31-19-41-31/h2-7,26-33H,1,8-19H2. The molecule has 0 aromatic heterocycles. The molecule has 2 aromatic rings. The summed E-state index contributed by atoms with van der Waals surface area (Å²) in [6.07, 6.45) is 2.70. The number of rotatable bonds is 18. The maximum atomic E-state index is 5.61. The Balaban J connectivity index is 1.08. The average molecular weight is 565 g/mol. The first-order valence-corrected chi connectivity index (χ1v) is 15.1. The Hall–Kier alpha value is -2.60. The average Bonchev–Trinajstić information content (AvgIpc) is 3.73. The van der Waals surface area contributed by atoms with E-state index in [1.54, 1.807) is 0 Å². The van der Waals surface area contributed by atoms with Gasteiger partial charge in [-0.05, 0) is 53.9 Å². The van der Waals surface area contributed by atoms with Crippen molar-refractivity contribution in [3.8, 4) is 0 Å². The van der Waals surface area contributed by atoms with Gasteiger partial charge in [0.15, 0.2) is 0 Å². The molecule has 0 radical (unpaired) electrons. The van der Waals surface area contributed by atoms with Gasteiger partial charge in [-0.2, -0.15) is 0 Å². The van der Waals surface area contributed by atoms with E-state index >= 15 is 0 Å². The molecular formula is C31H40N4O6. The lowest BCUT2D eigenvalue weighted by molar-refractivity contribution is 0.388. The minimum absolute atomic E-state index is 0.311. The SMILES string of the molecule is c1c(Cc2cc(NCC3CO3)cc(N(CC3CO3)CC3CO3)c2)cc(N(CC2CO2)CC2CO2)cc1NCC1CO1. The van der Waals surface area contributed by atoms with Gasteiger partial charge in [-0.3, -0.25) is 0 Å². The van der Waals surface area contributed by atoms with Crippen LogP contribution >= 0.6 is 0 Å². The van der Waals surface area contributed by atoms with Crippen molar-refractivity contribution in [2.75, 3.05) is 99.3 Å². The summed E-state index contributed by atoms with van der Waals surface area (Å²) in [7, 11) is 0. The van der Waals surface area contributed by atoms with E-state index in [4.69, 9.17) is 28.4 Å². The zero-order chi connectivity index (χ0) is 27.2. The Morgan fingerprint density at radius 1 is 0.488 bits per heavy atom. The van der Waals surface area contributed by atoms with Crippen molar-refractivity contribution in [1.29, 1.82) is 0 Å². The number of hydrogen-bond acceptors (Lipinski definition) is 10. The third-order valence-electron chi connectivity index (χ3n) is 8.27. The van der Waals surface area contributed by atoms with Crippen molar-refractivity contribution in [2.24, 2.45) is 0 Å². The van der Waals surface area contributed by atoms with Crippen LogP contribution in [0.4, 0.5) is 22.7 Å². The van der Waals surface area contributed by atoms with E-state index in [0.717, 1.165) is 96.7 Å². The van der Waals surface area contributed by atoms with E-state index in [-0.39, 0.29) is 0 Å². The predicted molar refractivity (Wildman–Crippen MR) is 156 cm³/mol. The molecule has 41 heavy (non-hydrogen) atoms. The molecule has 6 aliphatic heterocycles. The van der Waals surface area contributed by atoms with Crippen LogP contribution in [0.2, 0.25) is 0 Å². The number of epoxide rings is 6. The fourth-order valence-electron chi connectivity index (χ4n) is 5.44. The van der Waals surface area contributed by atoms with Gasteiger partial charge >= 0.3 is 0 Å². The fraction of sp³-hybridized carbons (Fsp3) is 0.613. The number of ether oxygens (including phenoxy) is 6. The molecule has 2 N–H and O–H groups in total. The Morgan fingerprint density at radius 2 is 0.829 bits per heavy atom. The summed E-state index contributed by atoms with van der Waals surface area (Å²) in [5.74, 6) is 0. The van der Waals surface area contributed by atoms with E-state index in [0.29, 0.717) is 36.6 Å². The van der Waals surface area contributed by atoms with Gasteiger partial charge in [-0.1, -0.05) is 0 Å². The third kappa shape index (κ3) is 7.82. The van der Waals surface area contributed by atoms with Gasteiger partial charge in [0.1, 0.15) is 0 Å². The van der Waals surface area contributed by atoms with Gasteiger partial charge in [0.05, 0.1) is 76.3 Å². The van der Waals surface area contributed by atoms with E-state index < -0.39 is 0 Å². The third-order valence-corrected chi connectivity index (χ3v) is 8.27. The van der Waals surface area contributed by atoms with E-state index in [9.17, 15) is 0 Å². The molecule has 6 heterocycles. The quantitative estimate of drug-likeness (QED) is 0.262. The van der Waals surface area contributed by atoms with Gasteiger partial charge in [-0.15, -0.1) is 0 Å². The zero-order valence-electron chi connectivity index (χ0n) is 23.5. The highest BCUT2D eigenvalue weighted by atomic mass is 16.6. The summed E-state index contributed by atoms with van der Waals surface area (Å²) >= 11 is 0. The summed E-state index contributed by atoms with van der Waals surface area (Å²) in [5.41, 5.74) is 7.24. The van der Waals surface area contributed by atoms with Crippen molar-refractivity contribution in [1.82, 2.24) is 0 Å². The molecule has 10 heteroatoms. The lowest BCUT2D eigenvalue weighted by Crippen LogP contribution is -2.32. The van der Waals surface area contributed by atoms with Crippen molar-refractivity contribution < 1.29 is 28.4 Å². The fourth-order valence-corrected chi connectivity index (χ4v) is 5.44. The van der Waals surface area contributed by atoms with Crippen LogP contribution in [0, 0.1) is 0 Å². The molecule has 6 saturated heterocycles. The molecule has 0 aliphatic carbocycles.